The molecule has 0 bridgehead atoms. The fourth-order valence-electron chi connectivity index (χ4n) is 4.45. The lowest BCUT2D eigenvalue weighted by Crippen LogP contribution is -2.39. The number of nitrogens with zero attached hydrogens (tertiary/aromatic N) is 3. The highest BCUT2D eigenvalue weighted by molar-refractivity contribution is 7.86. The van der Waals surface area contributed by atoms with Crippen LogP contribution in [0.3, 0.4) is 0 Å². The number of benzene rings is 2. The van der Waals surface area contributed by atoms with E-state index in [0.717, 1.165) is 44.2 Å². The molecule has 1 atom stereocenters. The minimum absolute atomic E-state index is 0.128. The molecule has 1 N–H and O–H groups in total. The molecular formula is C27H33N3O4S. The summed E-state index contributed by atoms with van der Waals surface area (Å²) in [7, 11) is -4.45. The van der Waals surface area contributed by atoms with Crippen LogP contribution in [0.2, 0.25) is 0 Å². The SMILES string of the molecule is CCCCc1cnc(CCC(N2c3ccccc3Oc3ccccc32)S(=O)(=O)O)nc1CCCC. The molecule has 2 aromatic carbocycles. The van der Waals surface area contributed by atoms with Crippen LogP contribution < -0.4 is 9.64 Å². The maximum atomic E-state index is 12.7. The molecule has 1 unspecified atom stereocenters. The van der Waals surface area contributed by atoms with Crippen molar-refractivity contribution in [2.45, 2.75) is 70.6 Å². The second-order valence-electron chi connectivity index (χ2n) is 8.88. The molecule has 35 heavy (non-hydrogen) atoms. The molecule has 4 rings (SSSR count). The van der Waals surface area contributed by atoms with Crippen LogP contribution in [0.25, 0.3) is 0 Å². The molecule has 1 aliphatic heterocycles. The average molecular weight is 496 g/mol. The van der Waals surface area contributed by atoms with Crippen molar-refractivity contribution in [3.05, 3.63) is 71.8 Å². The highest BCUT2D eigenvalue weighted by Gasteiger charge is 2.36. The molecule has 186 valence electrons. The summed E-state index contributed by atoms with van der Waals surface area (Å²) >= 11 is 0. The second-order valence-corrected chi connectivity index (χ2v) is 10.5. The third-order valence-electron chi connectivity index (χ3n) is 6.29. The Balaban J connectivity index is 1.65. The Morgan fingerprint density at radius 3 is 2.11 bits per heavy atom. The fourth-order valence-corrected chi connectivity index (χ4v) is 5.36. The van der Waals surface area contributed by atoms with Crippen molar-refractivity contribution in [3.8, 4) is 11.5 Å². The van der Waals surface area contributed by atoms with E-state index in [1.54, 1.807) is 29.2 Å². The third-order valence-corrected chi connectivity index (χ3v) is 7.42. The first-order chi connectivity index (χ1) is 16.9. The van der Waals surface area contributed by atoms with Crippen molar-refractivity contribution in [3.63, 3.8) is 0 Å². The molecule has 0 radical (unpaired) electrons. The van der Waals surface area contributed by atoms with Crippen molar-refractivity contribution in [2.75, 3.05) is 4.90 Å². The van der Waals surface area contributed by atoms with Gasteiger partial charge in [0.2, 0.25) is 0 Å². The van der Waals surface area contributed by atoms with Gasteiger partial charge in [-0.15, -0.1) is 0 Å². The van der Waals surface area contributed by atoms with Crippen molar-refractivity contribution < 1.29 is 17.7 Å². The van der Waals surface area contributed by atoms with E-state index < -0.39 is 15.5 Å². The highest BCUT2D eigenvalue weighted by Crippen LogP contribution is 2.48. The number of aryl methyl sites for hydroxylation is 3. The van der Waals surface area contributed by atoms with E-state index in [1.165, 1.54) is 5.56 Å². The van der Waals surface area contributed by atoms with Gasteiger partial charge in [-0.2, -0.15) is 8.42 Å². The Kier molecular flexibility index (Phi) is 8.03. The maximum absolute atomic E-state index is 12.7. The maximum Gasteiger partial charge on any atom is 0.286 e. The van der Waals surface area contributed by atoms with E-state index in [4.69, 9.17) is 9.72 Å². The lowest BCUT2D eigenvalue weighted by Gasteiger charge is -2.36. The van der Waals surface area contributed by atoms with Crippen LogP contribution in [-0.2, 0) is 29.4 Å². The highest BCUT2D eigenvalue weighted by atomic mass is 32.2. The van der Waals surface area contributed by atoms with E-state index in [-0.39, 0.29) is 6.42 Å². The van der Waals surface area contributed by atoms with Gasteiger partial charge in [-0.1, -0.05) is 51.0 Å². The molecule has 0 saturated carbocycles. The van der Waals surface area contributed by atoms with Gasteiger partial charge < -0.3 is 9.64 Å². The molecule has 0 fully saturated rings. The number of hydrogen-bond acceptors (Lipinski definition) is 6. The number of rotatable bonds is 11. The first-order valence-corrected chi connectivity index (χ1v) is 13.9. The summed E-state index contributed by atoms with van der Waals surface area (Å²) in [6.45, 7) is 4.32. The lowest BCUT2D eigenvalue weighted by molar-refractivity contribution is 0.448. The molecule has 3 aromatic rings. The number of ether oxygens (including phenoxy) is 1. The van der Waals surface area contributed by atoms with Gasteiger partial charge in [0.1, 0.15) is 5.82 Å². The number of aromatic nitrogens is 2. The summed E-state index contributed by atoms with van der Waals surface area (Å²) < 4.78 is 41.7. The Bertz CT molecular complexity index is 1220. The van der Waals surface area contributed by atoms with Crippen LogP contribution in [0, 0.1) is 0 Å². The van der Waals surface area contributed by atoms with E-state index >= 15 is 0 Å². The number of para-hydroxylation sites is 4. The van der Waals surface area contributed by atoms with Gasteiger partial charge in [-0.25, -0.2) is 9.97 Å². The number of fused-ring (bicyclic) bond motifs is 2. The smallest absolute Gasteiger partial charge is 0.286 e. The molecule has 2 heterocycles. The fraction of sp³-hybridized carbons (Fsp3) is 0.407. The summed E-state index contributed by atoms with van der Waals surface area (Å²) in [5.41, 5.74) is 3.41. The molecule has 0 saturated heterocycles. The Labute approximate surface area is 207 Å². The van der Waals surface area contributed by atoms with E-state index in [1.807, 2.05) is 30.5 Å². The monoisotopic (exact) mass is 495 g/mol. The largest absolute Gasteiger partial charge is 0.453 e. The topological polar surface area (TPSA) is 92.6 Å². The van der Waals surface area contributed by atoms with Crippen LogP contribution in [0.5, 0.6) is 11.5 Å². The van der Waals surface area contributed by atoms with E-state index in [2.05, 4.69) is 18.8 Å². The minimum Gasteiger partial charge on any atom is -0.453 e. The zero-order valence-electron chi connectivity index (χ0n) is 20.4. The van der Waals surface area contributed by atoms with E-state index in [0.29, 0.717) is 35.1 Å². The predicted molar refractivity (Wildman–Crippen MR) is 138 cm³/mol. The van der Waals surface area contributed by atoms with E-state index in [9.17, 15) is 13.0 Å². The Hall–Kier alpha value is -2.97. The number of hydrogen-bond donors (Lipinski definition) is 1. The Morgan fingerprint density at radius 2 is 1.51 bits per heavy atom. The quantitative estimate of drug-likeness (QED) is 0.314. The number of unbranched alkanes of at least 4 members (excludes halogenated alkanes) is 2. The van der Waals surface area contributed by atoms with Crippen LogP contribution in [0.1, 0.15) is 63.0 Å². The minimum atomic E-state index is -4.45. The summed E-state index contributed by atoms with van der Waals surface area (Å²) in [6.07, 6.45) is 8.49. The van der Waals surface area contributed by atoms with Crippen molar-refractivity contribution in [1.29, 1.82) is 0 Å². The molecule has 1 aliphatic rings. The number of anilines is 2. The molecule has 8 heteroatoms. The predicted octanol–water partition coefficient (Wildman–Crippen LogP) is 6.25. The van der Waals surface area contributed by atoms with Gasteiger partial charge >= 0.3 is 0 Å². The van der Waals surface area contributed by atoms with Gasteiger partial charge in [0.15, 0.2) is 16.9 Å². The lowest BCUT2D eigenvalue weighted by atomic mass is 10.0. The second kappa shape index (κ2) is 11.2. The first-order valence-electron chi connectivity index (χ1n) is 12.4. The van der Waals surface area contributed by atoms with Crippen LogP contribution in [0.15, 0.2) is 54.7 Å². The van der Waals surface area contributed by atoms with Gasteiger partial charge in [-0.3, -0.25) is 4.55 Å². The summed E-state index contributed by atoms with van der Waals surface area (Å²) in [6, 6.07) is 14.5. The van der Waals surface area contributed by atoms with Crippen molar-refractivity contribution in [2.24, 2.45) is 0 Å². The summed E-state index contributed by atoms with van der Waals surface area (Å²) in [5, 5.41) is -1.21. The van der Waals surface area contributed by atoms with Crippen LogP contribution >= 0.6 is 0 Å². The summed E-state index contributed by atoms with van der Waals surface area (Å²) in [4.78, 5) is 11.0. The van der Waals surface area contributed by atoms with Crippen molar-refractivity contribution >= 4 is 21.5 Å². The Morgan fingerprint density at radius 1 is 0.914 bits per heavy atom. The van der Waals surface area contributed by atoms with Gasteiger partial charge in [0, 0.05) is 18.3 Å². The molecule has 7 nitrogen and oxygen atoms in total. The van der Waals surface area contributed by atoms with Crippen LogP contribution in [0.4, 0.5) is 11.4 Å². The molecule has 1 aromatic heterocycles. The standard InChI is InChI=1S/C27H33N3O4S/c1-3-5-11-20-19-28-26(29-21(20)12-6-4-2)17-18-27(35(31,32)33)30-22-13-7-9-15-24(22)34-25-16-10-8-14-23(25)30/h7-10,13-16,19,27H,3-6,11-12,17-18H2,1-2H3,(H,31,32,33). The van der Waals surface area contributed by atoms with Crippen LogP contribution in [-0.4, -0.2) is 28.3 Å². The average Bonchev–Trinajstić information content (AvgIpc) is 2.85. The molecule has 0 spiro atoms. The zero-order chi connectivity index (χ0) is 24.8. The molecule has 0 aliphatic carbocycles. The molecular weight excluding hydrogens is 462 g/mol. The van der Waals surface area contributed by atoms with Gasteiger partial charge in [-0.05, 0) is 61.9 Å². The van der Waals surface area contributed by atoms with Crippen molar-refractivity contribution in [1.82, 2.24) is 9.97 Å². The molecule has 0 amide bonds. The third kappa shape index (κ3) is 5.82. The van der Waals surface area contributed by atoms with Gasteiger partial charge in [0.25, 0.3) is 10.1 Å². The normalized spacial score (nSPS) is 13.6. The summed E-state index contributed by atoms with van der Waals surface area (Å²) in [5.74, 6) is 1.68. The first kappa shape index (κ1) is 25.1. The van der Waals surface area contributed by atoms with Gasteiger partial charge in [0.05, 0.1) is 11.4 Å². The zero-order valence-corrected chi connectivity index (χ0v) is 21.2.